The van der Waals surface area contributed by atoms with E-state index in [0.29, 0.717) is 11.4 Å². The molecule has 0 bridgehead atoms. The van der Waals surface area contributed by atoms with Crippen LogP contribution in [0.5, 0.6) is 0 Å². The summed E-state index contributed by atoms with van der Waals surface area (Å²) >= 11 is 0. The zero-order valence-electron chi connectivity index (χ0n) is 18.8. The molecule has 1 heterocycles. The van der Waals surface area contributed by atoms with Crippen LogP contribution in [0, 0.1) is 6.92 Å². The number of sulfone groups is 1. The van der Waals surface area contributed by atoms with Gasteiger partial charge in [-0.3, -0.25) is 9.89 Å². The average Bonchev–Trinajstić information content (AvgIpc) is 2.73. The number of aliphatic imine (C=N–C) groups is 1. The molecule has 0 saturated carbocycles. The standard InChI is InChI=1S/C24H34N4O2S/c1-4-25-24(26-13-12-21-8-10-23(11-9-21)31(3,29)30)28-16-14-27(15-17-28)19-22-7-5-6-20(2)18-22/h5-11,18H,4,12-17,19H2,1-3H3,(H,25,26). The van der Waals surface area contributed by atoms with Gasteiger partial charge < -0.3 is 10.2 Å². The molecule has 0 aliphatic carbocycles. The first kappa shape index (κ1) is 23.3. The second-order valence-electron chi connectivity index (χ2n) is 8.15. The monoisotopic (exact) mass is 442 g/mol. The maximum atomic E-state index is 11.6. The minimum Gasteiger partial charge on any atom is -0.357 e. The first-order chi connectivity index (χ1) is 14.8. The van der Waals surface area contributed by atoms with Gasteiger partial charge in [0.05, 0.1) is 4.90 Å². The summed E-state index contributed by atoms with van der Waals surface area (Å²) in [6, 6.07) is 15.8. The van der Waals surface area contributed by atoms with Crippen LogP contribution in [0.25, 0.3) is 0 Å². The lowest BCUT2D eigenvalue weighted by atomic mass is 10.1. The van der Waals surface area contributed by atoms with Crippen molar-refractivity contribution >= 4 is 15.8 Å². The maximum absolute atomic E-state index is 11.6. The Morgan fingerprint density at radius 2 is 1.74 bits per heavy atom. The van der Waals surface area contributed by atoms with Crippen LogP contribution in [-0.4, -0.2) is 69.7 Å². The topological polar surface area (TPSA) is 65.0 Å². The molecule has 7 heteroatoms. The second-order valence-corrected chi connectivity index (χ2v) is 10.2. The van der Waals surface area contributed by atoms with Crippen molar-refractivity contribution in [3.63, 3.8) is 0 Å². The molecule has 0 unspecified atom stereocenters. The molecule has 2 aromatic carbocycles. The first-order valence-corrected chi connectivity index (χ1v) is 12.8. The average molecular weight is 443 g/mol. The molecule has 0 spiro atoms. The van der Waals surface area contributed by atoms with Gasteiger partial charge in [0.25, 0.3) is 0 Å². The third-order valence-corrected chi connectivity index (χ3v) is 6.64. The molecule has 1 saturated heterocycles. The first-order valence-electron chi connectivity index (χ1n) is 11.0. The third-order valence-electron chi connectivity index (χ3n) is 5.51. The summed E-state index contributed by atoms with van der Waals surface area (Å²) in [6.45, 7) is 10.7. The zero-order valence-corrected chi connectivity index (χ0v) is 19.7. The lowest BCUT2D eigenvalue weighted by Gasteiger charge is -2.36. The van der Waals surface area contributed by atoms with Gasteiger partial charge in [0.15, 0.2) is 15.8 Å². The number of hydrogen-bond acceptors (Lipinski definition) is 4. The smallest absolute Gasteiger partial charge is 0.194 e. The summed E-state index contributed by atoms with van der Waals surface area (Å²) in [5.41, 5.74) is 3.77. The molecular weight excluding hydrogens is 408 g/mol. The van der Waals surface area contributed by atoms with E-state index >= 15 is 0 Å². The highest BCUT2D eigenvalue weighted by Gasteiger charge is 2.19. The lowest BCUT2D eigenvalue weighted by molar-refractivity contribution is 0.172. The largest absolute Gasteiger partial charge is 0.357 e. The van der Waals surface area contributed by atoms with Crippen molar-refractivity contribution < 1.29 is 8.42 Å². The van der Waals surface area contributed by atoms with Gasteiger partial charge in [-0.15, -0.1) is 0 Å². The fraction of sp³-hybridized carbons (Fsp3) is 0.458. The van der Waals surface area contributed by atoms with Gasteiger partial charge >= 0.3 is 0 Å². The lowest BCUT2D eigenvalue weighted by Crippen LogP contribution is -2.52. The highest BCUT2D eigenvalue weighted by molar-refractivity contribution is 7.90. The highest BCUT2D eigenvalue weighted by Crippen LogP contribution is 2.12. The number of piperazine rings is 1. The molecule has 1 N–H and O–H groups in total. The molecule has 1 fully saturated rings. The van der Waals surface area contributed by atoms with Gasteiger partial charge in [0, 0.05) is 52.1 Å². The van der Waals surface area contributed by atoms with E-state index in [2.05, 4.69) is 53.2 Å². The maximum Gasteiger partial charge on any atom is 0.194 e. The fourth-order valence-electron chi connectivity index (χ4n) is 3.81. The van der Waals surface area contributed by atoms with E-state index in [0.717, 1.165) is 57.2 Å². The van der Waals surface area contributed by atoms with Crippen molar-refractivity contribution in [1.29, 1.82) is 0 Å². The van der Waals surface area contributed by atoms with E-state index in [-0.39, 0.29) is 0 Å². The Kier molecular flexibility index (Phi) is 8.09. The van der Waals surface area contributed by atoms with Crippen LogP contribution in [0.15, 0.2) is 58.4 Å². The van der Waals surface area contributed by atoms with Gasteiger partial charge in [0.1, 0.15) is 0 Å². The van der Waals surface area contributed by atoms with Crippen molar-refractivity contribution in [2.75, 3.05) is 45.5 Å². The molecule has 1 aliphatic rings. The van der Waals surface area contributed by atoms with Gasteiger partial charge in [-0.2, -0.15) is 0 Å². The molecule has 0 radical (unpaired) electrons. The van der Waals surface area contributed by atoms with Gasteiger partial charge in [-0.05, 0) is 43.5 Å². The molecule has 31 heavy (non-hydrogen) atoms. The van der Waals surface area contributed by atoms with Gasteiger partial charge in [0.2, 0.25) is 0 Å². The minimum absolute atomic E-state index is 0.358. The molecule has 168 valence electrons. The number of rotatable bonds is 7. The number of nitrogens with one attached hydrogen (secondary N) is 1. The molecule has 0 amide bonds. The number of nitrogens with zero attached hydrogens (tertiary/aromatic N) is 3. The van der Waals surface area contributed by atoms with Crippen LogP contribution in [0.2, 0.25) is 0 Å². The molecule has 0 aromatic heterocycles. The third kappa shape index (κ3) is 7.08. The van der Waals surface area contributed by atoms with Crippen molar-refractivity contribution in [1.82, 2.24) is 15.1 Å². The Balaban J connectivity index is 1.52. The summed E-state index contributed by atoms with van der Waals surface area (Å²) in [4.78, 5) is 10.0. The van der Waals surface area contributed by atoms with Crippen molar-refractivity contribution in [2.45, 2.75) is 31.7 Å². The summed E-state index contributed by atoms with van der Waals surface area (Å²) < 4.78 is 23.2. The fourth-order valence-corrected chi connectivity index (χ4v) is 4.44. The van der Waals surface area contributed by atoms with E-state index in [9.17, 15) is 8.42 Å². The summed E-state index contributed by atoms with van der Waals surface area (Å²) in [5, 5.41) is 3.42. The Labute approximate surface area is 186 Å². The molecule has 2 aromatic rings. The van der Waals surface area contributed by atoms with E-state index in [4.69, 9.17) is 4.99 Å². The van der Waals surface area contributed by atoms with Crippen LogP contribution in [-0.2, 0) is 22.8 Å². The number of guanidine groups is 1. The Morgan fingerprint density at radius 1 is 1.03 bits per heavy atom. The van der Waals surface area contributed by atoms with Crippen LogP contribution in [0.3, 0.4) is 0 Å². The van der Waals surface area contributed by atoms with E-state index < -0.39 is 9.84 Å². The second kappa shape index (κ2) is 10.8. The molecular formula is C24H34N4O2S. The number of hydrogen-bond donors (Lipinski definition) is 1. The molecule has 3 rings (SSSR count). The minimum atomic E-state index is -3.15. The van der Waals surface area contributed by atoms with Crippen LogP contribution in [0.4, 0.5) is 0 Å². The molecule has 0 atom stereocenters. The van der Waals surface area contributed by atoms with Crippen LogP contribution < -0.4 is 5.32 Å². The normalized spacial score (nSPS) is 15.8. The Morgan fingerprint density at radius 3 is 2.35 bits per heavy atom. The zero-order chi connectivity index (χ0) is 22.3. The van der Waals surface area contributed by atoms with Gasteiger partial charge in [-0.25, -0.2) is 8.42 Å². The highest BCUT2D eigenvalue weighted by atomic mass is 32.2. The van der Waals surface area contributed by atoms with Crippen molar-refractivity contribution in [3.8, 4) is 0 Å². The quantitative estimate of drug-likeness (QED) is 0.528. The Bertz CT molecular complexity index is 979. The van der Waals surface area contributed by atoms with E-state index in [1.807, 2.05) is 12.1 Å². The van der Waals surface area contributed by atoms with Crippen LogP contribution >= 0.6 is 0 Å². The SMILES string of the molecule is CCNC(=NCCc1ccc(S(C)(=O)=O)cc1)N1CCN(Cc2cccc(C)c2)CC1. The van der Waals surface area contributed by atoms with E-state index in [1.165, 1.54) is 17.4 Å². The summed E-state index contributed by atoms with van der Waals surface area (Å²) in [7, 11) is -3.15. The van der Waals surface area contributed by atoms with Gasteiger partial charge in [-0.1, -0.05) is 42.0 Å². The predicted molar refractivity (Wildman–Crippen MR) is 127 cm³/mol. The predicted octanol–water partition coefficient (Wildman–Crippen LogP) is 2.72. The molecule has 1 aliphatic heterocycles. The summed E-state index contributed by atoms with van der Waals surface area (Å²) in [6.07, 6.45) is 2.02. The summed E-state index contributed by atoms with van der Waals surface area (Å²) in [5.74, 6) is 0.963. The van der Waals surface area contributed by atoms with E-state index in [1.54, 1.807) is 12.1 Å². The molecule has 6 nitrogen and oxygen atoms in total. The Hall–Kier alpha value is -2.38. The van der Waals surface area contributed by atoms with Crippen LogP contribution in [0.1, 0.15) is 23.6 Å². The van der Waals surface area contributed by atoms with Crippen molar-refractivity contribution in [2.24, 2.45) is 4.99 Å². The number of benzene rings is 2. The van der Waals surface area contributed by atoms with Crippen molar-refractivity contribution in [3.05, 3.63) is 65.2 Å². The number of aryl methyl sites for hydroxylation is 1.